The highest BCUT2D eigenvalue weighted by molar-refractivity contribution is 14.0. The molecule has 29 heavy (non-hydrogen) atoms. The van der Waals surface area contributed by atoms with Crippen LogP contribution in [0, 0.1) is 12.3 Å². The molecule has 1 saturated carbocycles. The molecule has 0 radical (unpaired) electrons. The molecule has 3 rings (SSSR count). The van der Waals surface area contributed by atoms with Crippen molar-refractivity contribution in [1.29, 1.82) is 0 Å². The van der Waals surface area contributed by atoms with E-state index in [0.717, 1.165) is 43.4 Å². The number of nitrogens with zero attached hydrogens (tertiary/aromatic N) is 2. The number of aromatic nitrogens is 1. The van der Waals surface area contributed by atoms with Crippen LogP contribution in [0.3, 0.4) is 0 Å². The van der Waals surface area contributed by atoms with Gasteiger partial charge in [0.15, 0.2) is 11.7 Å². The molecule has 1 aliphatic rings. The molecule has 2 N–H and O–H groups in total. The lowest BCUT2D eigenvalue weighted by Gasteiger charge is -2.42. The fourth-order valence-electron chi connectivity index (χ4n) is 3.50. The maximum atomic E-state index is 5.88. The van der Waals surface area contributed by atoms with E-state index < -0.39 is 0 Å². The molecule has 1 aromatic carbocycles. The number of aliphatic imine (C=N–C) groups is 1. The number of oxazole rings is 1. The summed E-state index contributed by atoms with van der Waals surface area (Å²) >= 11 is 0. The SMILES string of the molecule is CCNC(=NCc1ncc(-c2ccc(C)cc2)o1)NCC1(CCOC)CCC1.I. The molecule has 1 aromatic heterocycles. The third-order valence-corrected chi connectivity index (χ3v) is 5.49. The lowest BCUT2D eigenvalue weighted by atomic mass is 9.67. The Hall–Kier alpha value is -1.61. The fourth-order valence-corrected chi connectivity index (χ4v) is 3.50. The highest BCUT2D eigenvalue weighted by Gasteiger charge is 2.36. The molecule has 0 atom stereocenters. The molecule has 0 saturated heterocycles. The smallest absolute Gasteiger partial charge is 0.216 e. The third kappa shape index (κ3) is 6.70. The van der Waals surface area contributed by atoms with Gasteiger partial charge >= 0.3 is 0 Å². The maximum absolute atomic E-state index is 5.88. The van der Waals surface area contributed by atoms with E-state index in [0.29, 0.717) is 17.9 Å². The molecule has 0 spiro atoms. The van der Waals surface area contributed by atoms with E-state index in [-0.39, 0.29) is 24.0 Å². The number of hydrogen-bond acceptors (Lipinski definition) is 4. The number of guanidine groups is 1. The molecule has 7 heteroatoms. The standard InChI is InChI=1S/C22H32N4O2.HI/c1-4-23-21(26-16-22(10-5-11-22)12-13-27-3)25-15-20-24-14-19(28-20)18-8-6-17(2)7-9-18;/h6-9,14H,4-5,10-13,15-16H2,1-3H3,(H2,23,25,26);1H. The number of methoxy groups -OCH3 is 1. The summed E-state index contributed by atoms with van der Waals surface area (Å²) in [6.07, 6.45) is 6.67. The monoisotopic (exact) mass is 512 g/mol. The van der Waals surface area contributed by atoms with Crippen molar-refractivity contribution in [3.05, 3.63) is 41.9 Å². The van der Waals surface area contributed by atoms with Crippen LogP contribution in [0.15, 0.2) is 39.9 Å². The van der Waals surface area contributed by atoms with E-state index in [9.17, 15) is 0 Å². The Morgan fingerprint density at radius 2 is 2.00 bits per heavy atom. The van der Waals surface area contributed by atoms with Gasteiger partial charge in [0.1, 0.15) is 6.54 Å². The van der Waals surface area contributed by atoms with Gasteiger partial charge in [-0.05, 0) is 38.5 Å². The van der Waals surface area contributed by atoms with Gasteiger partial charge in [-0.2, -0.15) is 0 Å². The largest absolute Gasteiger partial charge is 0.439 e. The van der Waals surface area contributed by atoms with Gasteiger partial charge in [0, 0.05) is 32.4 Å². The third-order valence-electron chi connectivity index (χ3n) is 5.49. The Balaban J connectivity index is 0.00000300. The second-order valence-electron chi connectivity index (χ2n) is 7.63. The second kappa shape index (κ2) is 11.5. The Labute approximate surface area is 190 Å². The van der Waals surface area contributed by atoms with Gasteiger partial charge in [-0.1, -0.05) is 36.2 Å². The molecule has 2 aromatic rings. The first-order valence-electron chi connectivity index (χ1n) is 10.2. The molecule has 6 nitrogen and oxygen atoms in total. The zero-order valence-electron chi connectivity index (χ0n) is 17.7. The van der Waals surface area contributed by atoms with Crippen LogP contribution in [0.2, 0.25) is 0 Å². The number of aryl methyl sites for hydroxylation is 1. The normalized spacial score (nSPS) is 15.3. The van der Waals surface area contributed by atoms with Crippen molar-refractivity contribution in [3.8, 4) is 11.3 Å². The fraction of sp³-hybridized carbons (Fsp3) is 0.545. The molecule has 0 amide bonds. The Morgan fingerprint density at radius 3 is 2.62 bits per heavy atom. The van der Waals surface area contributed by atoms with Gasteiger partial charge in [-0.15, -0.1) is 24.0 Å². The predicted octanol–water partition coefficient (Wildman–Crippen LogP) is 4.53. The van der Waals surface area contributed by atoms with Gasteiger partial charge in [-0.25, -0.2) is 9.98 Å². The molecular formula is C22H33IN4O2. The van der Waals surface area contributed by atoms with Crippen molar-refractivity contribution in [3.63, 3.8) is 0 Å². The molecule has 0 aliphatic heterocycles. The van der Waals surface area contributed by atoms with Crippen molar-refractivity contribution in [2.24, 2.45) is 10.4 Å². The molecule has 0 bridgehead atoms. The molecule has 160 valence electrons. The van der Waals surface area contributed by atoms with E-state index in [4.69, 9.17) is 9.15 Å². The zero-order chi connectivity index (χ0) is 19.8. The van der Waals surface area contributed by atoms with Crippen LogP contribution < -0.4 is 10.6 Å². The molecule has 1 aliphatic carbocycles. The summed E-state index contributed by atoms with van der Waals surface area (Å²) in [7, 11) is 1.77. The summed E-state index contributed by atoms with van der Waals surface area (Å²) in [6, 6.07) is 8.24. The van der Waals surface area contributed by atoms with E-state index in [1.54, 1.807) is 13.3 Å². The lowest BCUT2D eigenvalue weighted by molar-refractivity contribution is 0.0732. The first-order chi connectivity index (χ1) is 13.6. The first-order valence-corrected chi connectivity index (χ1v) is 10.2. The van der Waals surface area contributed by atoms with Gasteiger partial charge < -0.3 is 19.8 Å². The van der Waals surface area contributed by atoms with Gasteiger partial charge in [0.25, 0.3) is 0 Å². The Morgan fingerprint density at radius 1 is 1.24 bits per heavy atom. The minimum absolute atomic E-state index is 0. The summed E-state index contributed by atoms with van der Waals surface area (Å²) in [6.45, 7) is 7.10. The highest BCUT2D eigenvalue weighted by atomic mass is 127. The summed E-state index contributed by atoms with van der Waals surface area (Å²) in [5, 5.41) is 6.81. The number of ether oxygens (including phenoxy) is 1. The van der Waals surface area contributed by atoms with Crippen LogP contribution >= 0.6 is 24.0 Å². The average Bonchev–Trinajstić information content (AvgIpc) is 3.14. The summed E-state index contributed by atoms with van der Waals surface area (Å²) in [4.78, 5) is 9.03. The number of benzene rings is 1. The van der Waals surface area contributed by atoms with Crippen molar-refractivity contribution >= 4 is 29.9 Å². The van der Waals surface area contributed by atoms with Crippen LogP contribution in [0.1, 0.15) is 44.1 Å². The van der Waals surface area contributed by atoms with Gasteiger partial charge in [-0.3, -0.25) is 0 Å². The van der Waals surface area contributed by atoms with Crippen LogP contribution in [-0.4, -0.2) is 37.7 Å². The maximum Gasteiger partial charge on any atom is 0.216 e. The van der Waals surface area contributed by atoms with Crippen LogP contribution in [0.5, 0.6) is 0 Å². The van der Waals surface area contributed by atoms with Crippen LogP contribution in [0.25, 0.3) is 11.3 Å². The van der Waals surface area contributed by atoms with Gasteiger partial charge in [0.2, 0.25) is 5.89 Å². The molecule has 1 heterocycles. The van der Waals surface area contributed by atoms with E-state index in [2.05, 4.69) is 46.6 Å². The lowest BCUT2D eigenvalue weighted by Crippen LogP contribution is -2.46. The zero-order valence-corrected chi connectivity index (χ0v) is 20.0. The minimum atomic E-state index is 0. The topological polar surface area (TPSA) is 71.7 Å². The second-order valence-corrected chi connectivity index (χ2v) is 7.63. The van der Waals surface area contributed by atoms with Gasteiger partial charge in [0.05, 0.1) is 6.20 Å². The van der Waals surface area contributed by atoms with Crippen LogP contribution in [-0.2, 0) is 11.3 Å². The summed E-state index contributed by atoms with van der Waals surface area (Å²) in [5.41, 5.74) is 2.60. The number of nitrogens with one attached hydrogen (secondary N) is 2. The summed E-state index contributed by atoms with van der Waals surface area (Å²) < 4.78 is 11.2. The van der Waals surface area contributed by atoms with E-state index >= 15 is 0 Å². The first kappa shape index (κ1) is 23.7. The van der Waals surface area contributed by atoms with E-state index in [1.165, 1.54) is 24.8 Å². The molecule has 0 unspecified atom stereocenters. The highest BCUT2D eigenvalue weighted by Crippen LogP contribution is 2.43. The number of hydrogen-bond donors (Lipinski definition) is 2. The van der Waals surface area contributed by atoms with Crippen LogP contribution in [0.4, 0.5) is 0 Å². The number of rotatable bonds is 9. The Bertz CT molecular complexity index is 769. The minimum Gasteiger partial charge on any atom is -0.439 e. The average molecular weight is 512 g/mol. The van der Waals surface area contributed by atoms with Crippen molar-refractivity contribution in [2.75, 3.05) is 26.8 Å². The quantitative estimate of drug-likeness (QED) is 0.294. The Kier molecular flexibility index (Phi) is 9.42. The van der Waals surface area contributed by atoms with E-state index in [1.807, 2.05) is 12.1 Å². The molecular weight excluding hydrogens is 479 g/mol. The summed E-state index contributed by atoms with van der Waals surface area (Å²) in [5.74, 6) is 2.20. The van der Waals surface area contributed by atoms with Crippen molar-refractivity contribution < 1.29 is 9.15 Å². The number of halogens is 1. The predicted molar refractivity (Wildman–Crippen MR) is 128 cm³/mol. The van der Waals surface area contributed by atoms with Crippen molar-refractivity contribution in [2.45, 2.75) is 46.1 Å². The van der Waals surface area contributed by atoms with Crippen molar-refractivity contribution in [1.82, 2.24) is 15.6 Å². The molecule has 1 fully saturated rings.